The van der Waals surface area contributed by atoms with Crippen LogP contribution in [-0.2, 0) is 15.4 Å². The van der Waals surface area contributed by atoms with Gasteiger partial charge in [-0.05, 0) is 18.2 Å². The summed E-state index contributed by atoms with van der Waals surface area (Å²) >= 11 is 7.04. The van der Waals surface area contributed by atoms with Crippen LogP contribution < -0.4 is 10.5 Å². The van der Waals surface area contributed by atoms with E-state index in [1.54, 1.807) is 0 Å². The minimum atomic E-state index is -3.73. The van der Waals surface area contributed by atoms with E-state index < -0.39 is 10.0 Å². The molecule has 0 amide bonds. The summed E-state index contributed by atoms with van der Waals surface area (Å²) in [5, 5.41) is 2.49. The predicted molar refractivity (Wildman–Crippen MR) is 87.5 cm³/mol. The molecule has 2 rings (SSSR count). The molecule has 21 heavy (non-hydrogen) atoms. The topological polar surface area (TPSA) is 85.1 Å². The number of nitrogens with two attached hydrogens (primary N) is 1. The molecule has 0 bridgehead atoms. The predicted octanol–water partition coefficient (Wildman–Crippen LogP) is 3.48. The molecule has 0 aliphatic heterocycles. The molecule has 1 aromatic carbocycles. The van der Waals surface area contributed by atoms with Crippen molar-refractivity contribution in [3.05, 3.63) is 34.3 Å². The molecule has 1 aromatic heterocycles. The van der Waals surface area contributed by atoms with Crippen molar-refractivity contribution in [2.24, 2.45) is 0 Å². The van der Waals surface area contributed by atoms with Gasteiger partial charge in [-0.15, -0.1) is 11.3 Å². The summed E-state index contributed by atoms with van der Waals surface area (Å²) in [6, 6.07) is 4.18. The maximum absolute atomic E-state index is 12.3. The maximum atomic E-state index is 12.3. The fourth-order valence-corrected chi connectivity index (χ4v) is 3.87. The van der Waals surface area contributed by atoms with Crippen molar-refractivity contribution in [1.29, 1.82) is 0 Å². The van der Waals surface area contributed by atoms with Gasteiger partial charge in [0.05, 0.1) is 21.3 Å². The number of hydrogen-bond acceptors (Lipinski definition) is 5. The molecule has 0 radical (unpaired) electrons. The molecule has 0 fully saturated rings. The Morgan fingerprint density at radius 3 is 2.52 bits per heavy atom. The van der Waals surface area contributed by atoms with Crippen molar-refractivity contribution < 1.29 is 8.42 Å². The van der Waals surface area contributed by atoms with Gasteiger partial charge in [-0.1, -0.05) is 32.4 Å². The number of hydrogen-bond donors (Lipinski definition) is 2. The Morgan fingerprint density at radius 2 is 2.00 bits per heavy atom. The molecule has 1 heterocycles. The maximum Gasteiger partial charge on any atom is 0.263 e. The standard InChI is InChI=1S/C13H16ClN3O2S2/c1-13(2,3)11-7-20-12(16-11)17-21(18,19)8-4-5-9(14)10(15)6-8/h4-7H,15H2,1-3H3,(H,16,17). The first-order valence-electron chi connectivity index (χ1n) is 6.13. The molecule has 0 saturated heterocycles. The van der Waals surface area contributed by atoms with Crippen LogP contribution in [0.15, 0.2) is 28.5 Å². The molecule has 8 heteroatoms. The molecular formula is C13H16ClN3O2S2. The molecule has 0 unspecified atom stereocenters. The van der Waals surface area contributed by atoms with E-state index in [4.69, 9.17) is 17.3 Å². The van der Waals surface area contributed by atoms with Crippen LogP contribution in [0.5, 0.6) is 0 Å². The largest absolute Gasteiger partial charge is 0.397 e. The lowest BCUT2D eigenvalue weighted by atomic mass is 9.93. The zero-order valence-electron chi connectivity index (χ0n) is 11.8. The van der Waals surface area contributed by atoms with Gasteiger partial charge >= 0.3 is 0 Å². The first-order valence-corrected chi connectivity index (χ1v) is 8.87. The van der Waals surface area contributed by atoms with Crippen molar-refractivity contribution in [3.8, 4) is 0 Å². The third kappa shape index (κ3) is 3.66. The highest BCUT2D eigenvalue weighted by Crippen LogP contribution is 2.28. The van der Waals surface area contributed by atoms with Crippen LogP contribution in [0.1, 0.15) is 26.5 Å². The van der Waals surface area contributed by atoms with Gasteiger partial charge in [0.25, 0.3) is 10.0 Å². The van der Waals surface area contributed by atoms with Crippen molar-refractivity contribution in [2.75, 3.05) is 10.5 Å². The Bertz CT molecular complexity index is 764. The molecule has 114 valence electrons. The molecule has 5 nitrogen and oxygen atoms in total. The molecule has 0 saturated carbocycles. The Kier molecular flexibility index (Phi) is 4.19. The van der Waals surface area contributed by atoms with E-state index in [-0.39, 0.29) is 16.0 Å². The lowest BCUT2D eigenvalue weighted by molar-refractivity contribution is 0.573. The number of thiazole rings is 1. The highest BCUT2D eigenvalue weighted by atomic mass is 35.5. The lowest BCUT2D eigenvalue weighted by Gasteiger charge is -2.14. The van der Waals surface area contributed by atoms with E-state index in [1.807, 2.05) is 26.2 Å². The normalized spacial score (nSPS) is 12.4. The summed E-state index contributed by atoms with van der Waals surface area (Å²) in [4.78, 5) is 4.36. The summed E-state index contributed by atoms with van der Waals surface area (Å²) in [5.41, 5.74) is 6.55. The molecule has 0 aliphatic carbocycles. The lowest BCUT2D eigenvalue weighted by Crippen LogP contribution is -2.15. The third-order valence-electron chi connectivity index (χ3n) is 2.77. The fourth-order valence-electron chi connectivity index (χ4n) is 1.53. The number of anilines is 2. The number of sulfonamides is 1. The van der Waals surface area contributed by atoms with Crippen LogP contribution in [0.25, 0.3) is 0 Å². The van der Waals surface area contributed by atoms with Crippen LogP contribution in [0.2, 0.25) is 5.02 Å². The number of rotatable bonds is 3. The van der Waals surface area contributed by atoms with Crippen LogP contribution >= 0.6 is 22.9 Å². The highest BCUT2D eigenvalue weighted by Gasteiger charge is 2.21. The number of nitrogens with one attached hydrogen (secondary N) is 1. The van der Waals surface area contributed by atoms with Crippen LogP contribution in [0, 0.1) is 0 Å². The van der Waals surface area contributed by atoms with Gasteiger partial charge < -0.3 is 5.73 Å². The summed E-state index contributed by atoms with van der Waals surface area (Å²) in [6.07, 6.45) is 0. The van der Waals surface area contributed by atoms with E-state index in [9.17, 15) is 8.42 Å². The quantitative estimate of drug-likeness (QED) is 0.834. The van der Waals surface area contributed by atoms with Crippen LogP contribution in [0.3, 0.4) is 0 Å². The number of nitrogens with zero attached hydrogens (tertiary/aromatic N) is 1. The van der Waals surface area contributed by atoms with Crippen molar-refractivity contribution in [1.82, 2.24) is 4.98 Å². The molecule has 0 atom stereocenters. The average molecular weight is 346 g/mol. The van der Waals surface area contributed by atoms with Gasteiger partial charge in [-0.2, -0.15) is 0 Å². The van der Waals surface area contributed by atoms with E-state index >= 15 is 0 Å². The zero-order chi connectivity index (χ0) is 15.8. The number of aromatic nitrogens is 1. The van der Waals surface area contributed by atoms with E-state index in [1.165, 1.54) is 29.5 Å². The highest BCUT2D eigenvalue weighted by molar-refractivity contribution is 7.93. The second-order valence-corrected chi connectivity index (χ2v) is 8.52. The summed E-state index contributed by atoms with van der Waals surface area (Å²) in [7, 11) is -3.73. The van der Waals surface area contributed by atoms with Crippen molar-refractivity contribution >= 4 is 43.8 Å². The third-order valence-corrected chi connectivity index (χ3v) is 5.34. The van der Waals surface area contributed by atoms with Gasteiger partial charge in [0.1, 0.15) is 0 Å². The number of benzene rings is 1. The van der Waals surface area contributed by atoms with E-state index in [2.05, 4.69) is 9.71 Å². The minimum absolute atomic E-state index is 0.0527. The van der Waals surface area contributed by atoms with Gasteiger partial charge in [-0.3, -0.25) is 4.72 Å². The van der Waals surface area contributed by atoms with Crippen LogP contribution in [-0.4, -0.2) is 13.4 Å². The minimum Gasteiger partial charge on any atom is -0.397 e. The molecule has 2 aromatic rings. The average Bonchev–Trinajstić information content (AvgIpc) is 2.80. The summed E-state index contributed by atoms with van der Waals surface area (Å²) in [5.74, 6) is 0. The Labute approximate surface area is 133 Å². The molecule has 0 aliphatic rings. The Morgan fingerprint density at radius 1 is 1.33 bits per heavy atom. The number of halogens is 1. The van der Waals surface area contributed by atoms with Gasteiger partial charge in [0.15, 0.2) is 5.13 Å². The van der Waals surface area contributed by atoms with Gasteiger partial charge in [0, 0.05) is 10.8 Å². The summed E-state index contributed by atoms with van der Waals surface area (Å²) in [6.45, 7) is 6.04. The van der Waals surface area contributed by atoms with Crippen LogP contribution in [0.4, 0.5) is 10.8 Å². The Hall–Kier alpha value is -1.31. The second-order valence-electron chi connectivity index (χ2n) is 5.58. The second kappa shape index (κ2) is 5.47. The van der Waals surface area contributed by atoms with Gasteiger partial charge in [0.2, 0.25) is 0 Å². The van der Waals surface area contributed by atoms with Gasteiger partial charge in [-0.25, -0.2) is 13.4 Å². The smallest absolute Gasteiger partial charge is 0.263 e. The van der Waals surface area contributed by atoms with Crippen molar-refractivity contribution in [3.63, 3.8) is 0 Å². The summed E-state index contributed by atoms with van der Waals surface area (Å²) < 4.78 is 27.0. The number of nitrogen functional groups attached to an aromatic ring is 1. The monoisotopic (exact) mass is 345 g/mol. The molecular weight excluding hydrogens is 330 g/mol. The molecule has 3 N–H and O–H groups in total. The van der Waals surface area contributed by atoms with Crippen molar-refractivity contribution in [2.45, 2.75) is 31.1 Å². The SMILES string of the molecule is CC(C)(C)c1csc(NS(=O)(=O)c2ccc(Cl)c(N)c2)n1. The Balaban J connectivity index is 2.29. The first kappa shape index (κ1) is 16.1. The first-order chi connectivity index (χ1) is 9.59. The van der Waals surface area contributed by atoms with E-state index in [0.717, 1.165) is 5.69 Å². The fraction of sp³-hybridized carbons (Fsp3) is 0.308. The zero-order valence-corrected chi connectivity index (χ0v) is 14.2. The molecule has 0 spiro atoms. The van der Waals surface area contributed by atoms with E-state index in [0.29, 0.717) is 10.2 Å².